The van der Waals surface area contributed by atoms with E-state index in [-0.39, 0.29) is 24.4 Å². The van der Waals surface area contributed by atoms with Crippen molar-refractivity contribution in [3.63, 3.8) is 0 Å². The molecule has 0 atom stereocenters. The zero-order valence-electron chi connectivity index (χ0n) is 13.1. The van der Waals surface area contributed by atoms with Crippen molar-refractivity contribution in [2.45, 2.75) is 20.0 Å². The number of hydrogen-bond donors (Lipinski definition) is 1. The summed E-state index contributed by atoms with van der Waals surface area (Å²) in [6.45, 7) is 4.03. The van der Waals surface area contributed by atoms with E-state index in [0.29, 0.717) is 11.1 Å². The number of carbonyl (C=O) groups excluding carboxylic acids is 1. The highest BCUT2D eigenvalue weighted by Crippen LogP contribution is 2.13. The van der Waals surface area contributed by atoms with E-state index in [1.165, 1.54) is 6.07 Å². The summed E-state index contributed by atoms with van der Waals surface area (Å²) in [7, 11) is 0. The third-order valence-corrected chi connectivity index (χ3v) is 2.92. The van der Waals surface area contributed by atoms with Gasteiger partial charge in [-0.25, -0.2) is 4.39 Å². The molecule has 0 saturated carbocycles. The Morgan fingerprint density at radius 3 is 2.52 bits per heavy atom. The fraction of sp³-hybridized carbons (Fsp3) is 0.211. The Labute approximate surface area is 135 Å². The van der Waals surface area contributed by atoms with Gasteiger partial charge in [0.2, 0.25) is 0 Å². The number of nitrogens with one attached hydrogen (secondary N) is 1. The average Bonchev–Trinajstić information content (AvgIpc) is 2.53. The highest BCUT2D eigenvalue weighted by molar-refractivity contribution is 5.94. The van der Waals surface area contributed by atoms with Gasteiger partial charge >= 0.3 is 0 Å². The predicted octanol–water partition coefficient (Wildman–Crippen LogP) is 3.39. The van der Waals surface area contributed by atoms with Gasteiger partial charge < -0.3 is 10.1 Å². The molecule has 0 aliphatic carbocycles. The Morgan fingerprint density at radius 1 is 1.17 bits per heavy atom. The molecule has 2 rings (SSSR count). The SMILES string of the molecule is CC(C)Oc1ccc(C(=O)NCC#Cc2ccccc2F)cc1. The highest BCUT2D eigenvalue weighted by Gasteiger charge is 2.05. The second-order valence-corrected chi connectivity index (χ2v) is 5.16. The number of halogens is 1. The summed E-state index contributed by atoms with van der Waals surface area (Å²) in [5.41, 5.74) is 0.839. The van der Waals surface area contributed by atoms with Crippen molar-refractivity contribution >= 4 is 5.91 Å². The van der Waals surface area contributed by atoms with E-state index in [4.69, 9.17) is 4.74 Å². The molecule has 0 saturated heterocycles. The normalized spacial score (nSPS) is 9.91. The third-order valence-electron chi connectivity index (χ3n) is 2.92. The average molecular weight is 311 g/mol. The molecule has 1 amide bonds. The number of rotatable bonds is 4. The van der Waals surface area contributed by atoms with E-state index < -0.39 is 0 Å². The van der Waals surface area contributed by atoms with E-state index in [9.17, 15) is 9.18 Å². The quantitative estimate of drug-likeness (QED) is 0.879. The Morgan fingerprint density at radius 2 is 1.87 bits per heavy atom. The van der Waals surface area contributed by atoms with Crippen LogP contribution < -0.4 is 10.1 Å². The van der Waals surface area contributed by atoms with Crippen LogP contribution in [0.4, 0.5) is 4.39 Å². The molecule has 0 fully saturated rings. The van der Waals surface area contributed by atoms with Crippen LogP contribution in [-0.4, -0.2) is 18.6 Å². The summed E-state index contributed by atoms with van der Waals surface area (Å²) >= 11 is 0. The fourth-order valence-electron chi connectivity index (χ4n) is 1.89. The van der Waals surface area contributed by atoms with Gasteiger partial charge in [0, 0.05) is 5.56 Å². The summed E-state index contributed by atoms with van der Waals surface area (Å²) in [6, 6.07) is 13.1. The van der Waals surface area contributed by atoms with Crippen LogP contribution in [-0.2, 0) is 0 Å². The minimum atomic E-state index is -0.368. The lowest BCUT2D eigenvalue weighted by molar-refractivity contribution is 0.0958. The number of hydrogen-bond acceptors (Lipinski definition) is 2. The van der Waals surface area contributed by atoms with Crippen molar-refractivity contribution in [2.24, 2.45) is 0 Å². The molecule has 3 nitrogen and oxygen atoms in total. The Balaban J connectivity index is 1.89. The first-order valence-corrected chi connectivity index (χ1v) is 7.34. The zero-order chi connectivity index (χ0) is 16.7. The second kappa shape index (κ2) is 8.00. The van der Waals surface area contributed by atoms with E-state index >= 15 is 0 Å². The summed E-state index contributed by atoms with van der Waals surface area (Å²) < 4.78 is 18.9. The van der Waals surface area contributed by atoms with Crippen LogP contribution in [0.5, 0.6) is 5.75 Å². The summed E-state index contributed by atoms with van der Waals surface area (Å²) in [5.74, 6) is 5.54. The maximum atomic E-state index is 13.4. The molecule has 0 bridgehead atoms. The van der Waals surface area contributed by atoms with Gasteiger partial charge in [0.05, 0.1) is 18.2 Å². The first-order chi connectivity index (χ1) is 11.1. The molecule has 0 radical (unpaired) electrons. The van der Waals surface area contributed by atoms with E-state index in [1.54, 1.807) is 42.5 Å². The van der Waals surface area contributed by atoms with E-state index in [0.717, 1.165) is 5.75 Å². The van der Waals surface area contributed by atoms with Gasteiger partial charge in [0.1, 0.15) is 11.6 Å². The molecule has 0 aliphatic heterocycles. The molecule has 0 heterocycles. The largest absolute Gasteiger partial charge is 0.491 e. The van der Waals surface area contributed by atoms with Crippen molar-refractivity contribution in [1.82, 2.24) is 5.32 Å². The summed E-state index contributed by atoms with van der Waals surface area (Å²) in [4.78, 5) is 12.0. The molecule has 0 spiro atoms. The lowest BCUT2D eigenvalue weighted by atomic mass is 10.2. The number of ether oxygens (including phenoxy) is 1. The molecule has 0 unspecified atom stereocenters. The molecule has 0 aliphatic rings. The first-order valence-electron chi connectivity index (χ1n) is 7.34. The second-order valence-electron chi connectivity index (χ2n) is 5.16. The predicted molar refractivity (Wildman–Crippen MR) is 87.8 cm³/mol. The van der Waals surface area contributed by atoms with Gasteiger partial charge in [-0.1, -0.05) is 24.0 Å². The molecule has 0 aromatic heterocycles. The van der Waals surface area contributed by atoms with Crippen molar-refractivity contribution in [1.29, 1.82) is 0 Å². The molecule has 4 heteroatoms. The van der Waals surface area contributed by atoms with Gasteiger partial charge in [-0.05, 0) is 50.2 Å². The number of carbonyl (C=O) groups is 1. The van der Waals surface area contributed by atoms with E-state index in [1.807, 2.05) is 13.8 Å². The fourth-order valence-corrected chi connectivity index (χ4v) is 1.89. The zero-order valence-corrected chi connectivity index (χ0v) is 13.1. The van der Waals surface area contributed by atoms with Crippen molar-refractivity contribution < 1.29 is 13.9 Å². The molecule has 2 aromatic rings. The Bertz CT molecular complexity index is 727. The summed E-state index contributed by atoms with van der Waals surface area (Å²) in [6.07, 6.45) is 0.0864. The van der Waals surface area contributed by atoms with Gasteiger partial charge in [0.25, 0.3) is 5.91 Å². The van der Waals surface area contributed by atoms with Crippen LogP contribution in [0.25, 0.3) is 0 Å². The maximum Gasteiger partial charge on any atom is 0.252 e. The Hall–Kier alpha value is -2.80. The molecule has 23 heavy (non-hydrogen) atoms. The van der Waals surface area contributed by atoms with Gasteiger partial charge in [-0.15, -0.1) is 0 Å². The Kier molecular flexibility index (Phi) is 5.76. The minimum Gasteiger partial charge on any atom is -0.491 e. The van der Waals surface area contributed by atoms with E-state index in [2.05, 4.69) is 17.2 Å². The minimum absolute atomic E-state index is 0.0864. The van der Waals surface area contributed by atoms with Crippen molar-refractivity contribution in [2.75, 3.05) is 6.54 Å². The molecule has 1 N–H and O–H groups in total. The maximum absolute atomic E-state index is 13.4. The van der Waals surface area contributed by atoms with Crippen LogP contribution in [0.1, 0.15) is 29.8 Å². The molecule has 118 valence electrons. The third kappa shape index (κ3) is 5.15. The topological polar surface area (TPSA) is 38.3 Å². The smallest absolute Gasteiger partial charge is 0.252 e. The van der Waals surface area contributed by atoms with Crippen molar-refractivity contribution in [3.8, 4) is 17.6 Å². The highest BCUT2D eigenvalue weighted by atomic mass is 19.1. The van der Waals surface area contributed by atoms with Crippen LogP contribution in [0, 0.1) is 17.7 Å². The lowest BCUT2D eigenvalue weighted by Gasteiger charge is -2.09. The summed E-state index contributed by atoms with van der Waals surface area (Å²) in [5, 5.41) is 2.67. The monoisotopic (exact) mass is 311 g/mol. The molecular formula is C19H18FNO2. The van der Waals surface area contributed by atoms with Crippen molar-refractivity contribution in [3.05, 3.63) is 65.5 Å². The van der Waals surface area contributed by atoms with Crippen LogP contribution in [0.3, 0.4) is 0 Å². The number of amides is 1. The molecular weight excluding hydrogens is 293 g/mol. The van der Waals surface area contributed by atoms with Crippen LogP contribution in [0.2, 0.25) is 0 Å². The van der Waals surface area contributed by atoms with Gasteiger partial charge in [-0.2, -0.15) is 0 Å². The van der Waals surface area contributed by atoms with Crippen LogP contribution >= 0.6 is 0 Å². The standard InChI is InChI=1S/C19H18FNO2/c1-14(2)23-17-11-9-16(10-12-17)19(22)21-13-5-7-15-6-3-4-8-18(15)20/h3-4,6,8-12,14H,13H2,1-2H3,(H,21,22). The van der Waals surface area contributed by atoms with Gasteiger partial charge in [-0.3, -0.25) is 4.79 Å². The number of benzene rings is 2. The first kappa shape index (κ1) is 16.6. The van der Waals surface area contributed by atoms with Crippen LogP contribution in [0.15, 0.2) is 48.5 Å². The lowest BCUT2D eigenvalue weighted by Crippen LogP contribution is -2.23. The molecule has 2 aromatic carbocycles. The van der Waals surface area contributed by atoms with Gasteiger partial charge in [0.15, 0.2) is 0 Å².